The van der Waals surface area contributed by atoms with Crippen molar-refractivity contribution in [1.29, 1.82) is 0 Å². The van der Waals surface area contributed by atoms with Crippen molar-refractivity contribution in [2.24, 2.45) is 0 Å². The molecule has 0 bridgehead atoms. The first-order chi connectivity index (χ1) is 14.3. The second-order valence-electron chi connectivity index (χ2n) is 8.06. The maximum atomic E-state index is 5.52. The second-order valence-corrected chi connectivity index (χ2v) is 8.06. The molecule has 7 heteroatoms. The molecule has 7 nitrogen and oxygen atoms in total. The fourth-order valence-corrected chi connectivity index (χ4v) is 4.80. The van der Waals surface area contributed by atoms with Crippen molar-refractivity contribution in [3.8, 4) is 0 Å². The average molecular weight is 395 g/mol. The molecule has 29 heavy (non-hydrogen) atoms. The lowest BCUT2D eigenvalue weighted by molar-refractivity contribution is 0.0320. The summed E-state index contributed by atoms with van der Waals surface area (Å²) < 4.78 is 7.81. The minimum atomic E-state index is 0.687. The fourth-order valence-electron chi connectivity index (χ4n) is 4.80. The molecule has 0 atom stereocenters. The first kappa shape index (κ1) is 18.6. The molecule has 1 aromatic carbocycles. The van der Waals surface area contributed by atoms with E-state index in [0.717, 1.165) is 64.1 Å². The highest BCUT2D eigenvalue weighted by Crippen LogP contribution is 2.24. The molecule has 2 saturated heterocycles. The van der Waals surface area contributed by atoms with Crippen LogP contribution in [0.5, 0.6) is 0 Å². The minimum Gasteiger partial charge on any atom is -0.381 e. The topological polar surface area (TPSA) is 62.2 Å². The summed E-state index contributed by atoms with van der Waals surface area (Å²) in [5.74, 6) is 2.06. The largest absolute Gasteiger partial charge is 0.381 e. The lowest BCUT2D eigenvalue weighted by Crippen LogP contribution is -2.52. The molecule has 2 aliphatic heterocycles. The maximum Gasteiger partial charge on any atom is 0.227 e. The zero-order chi connectivity index (χ0) is 19.6. The molecule has 0 saturated carbocycles. The van der Waals surface area contributed by atoms with Crippen LogP contribution < -0.4 is 4.90 Å². The van der Waals surface area contributed by atoms with Crippen LogP contribution in [0.3, 0.4) is 0 Å². The normalized spacial score (nSPS) is 19.3. The van der Waals surface area contributed by atoms with Gasteiger partial charge in [0.05, 0.1) is 0 Å². The van der Waals surface area contributed by atoms with E-state index >= 15 is 0 Å². The Kier molecular flexibility index (Phi) is 5.24. The summed E-state index contributed by atoms with van der Waals surface area (Å²) in [4.78, 5) is 8.41. The van der Waals surface area contributed by atoms with Crippen molar-refractivity contribution in [2.75, 3.05) is 44.3 Å². The molecule has 2 aliphatic rings. The minimum absolute atomic E-state index is 0.687. The summed E-state index contributed by atoms with van der Waals surface area (Å²) in [5.41, 5.74) is 2.45. The van der Waals surface area contributed by atoms with Gasteiger partial charge in [0, 0.05) is 75.5 Å². The highest BCUT2D eigenvalue weighted by Gasteiger charge is 2.27. The Bertz CT molecular complexity index is 949. The number of anilines is 1. The molecule has 0 spiro atoms. The second kappa shape index (κ2) is 8.16. The first-order valence-corrected chi connectivity index (χ1v) is 10.9. The van der Waals surface area contributed by atoms with Crippen molar-refractivity contribution in [3.63, 3.8) is 0 Å². The Balaban J connectivity index is 1.30. The number of benzene rings is 1. The van der Waals surface area contributed by atoms with Gasteiger partial charge in [-0.1, -0.05) is 18.2 Å². The fraction of sp³-hybridized carbons (Fsp3) is 0.545. The van der Waals surface area contributed by atoms with E-state index < -0.39 is 0 Å². The highest BCUT2D eigenvalue weighted by molar-refractivity contribution is 5.83. The highest BCUT2D eigenvalue weighted by atomic mass is 16.5. The van der Waals surface area contributed by atoms with Gasteiger partial charge >= 0.3 is 0 Å². The van der Waals surface area contributed by atoms with Gasteiger partial charge in [0.2, 0.25) is 5.95 Å². The van der Waals surface area contributed by atoms with Crippen LogP contribution in [0.1, 0.15) is 31.2 Å². The molecule has 1 N–H and O–H groups in total. The predicted molar refractivity (Wildman–Crippen MR) is 114 cm³/mol. The van der Waals surface area contributed by atoms with Crippen LogP contribution in [-0.4, -0.2) is 70.1 Å². The van der Waals surface area contributed by atoms with Crippen LogP contribution in [0.25, 0.3) is 10.9 Å². The van der Waals surface area contributed by atoms with Crippen molar-refractivity contribution in [3.05, 3.63) is 41.9 Å². The Morgan fingerprint density at radius 2 is 1.86 bits per heavy atom. The summed E-state index contributed by atoms with van der Waals surface area (Å²) >= 11 is 0. The van der Waals surface area contributed by atoms with Gasteiger partial charge in [-0.15, -0.1) is 10.2 Å². The molecule has 4 heterocycles. The average Bonchev–Trinajstić information content (AvgIpc) is 3.39. The zero-order valence-corrected chi connectivity index (χ0v) is 17.2. The van der Waals surface area contributed by atoms with Crippen molar-refractivity contribution in [1.82, 2.24) is 24.6 Å². The summed E-state index contributed by atoms with van der Waals surface area (Å²) in [5, 5.41) is 10.4. The SMILES string of the molecule is CCn1c(Cc2c[nH]c3ccccc23)nnc1N1CCN(C2CCOCC2)CC1. The standard InChI is InChI=1S/C22H30N6O/c1-2-28-21(15-17-16-23-20-6-4-3-5-19(17)20)24-25-22(28)27-11-9-26(10-12-27)18-7-13-29-14-8-18/h3-6,16,18,23H,2,7-15H2,1H3. The van der Waals surface area contributed by atoms with Gasteiger partial charge in [0.25, 0.3) is 0 Å². The van der Waals surface area contributed by atoms with Crippen LogP contribution in [0, 0.1) is 0 Å². The van der Waals surface area contributed by atoms with E-state index in [9.17, 15) is 0 Å². The van der Waals surface area contributed by atoms with Crippen LogP contribution in [-0.2, 0) is 17.7 Å². The third kappa shape index (κ3) is 3.65. The van der Waals surface area contributed by atoms with E-state index in [2.05, 4.69) is 66.9 Å². The van der Waals surface area contributed by atoms with Crippen molar-refractivity contribution >= 4 is 16.9 Å². The van der Waals surface area contributed by atoms with Gasteiger partial charge in [0.15, 0.2) is 0 Å². The molecule has 0 unspecified atom stereocenters. The first-order valence-electron chi connectivity index (χ1n) is 10.9. The van der Waals surface area contributed by atoms with Crippen LogP contribution in [0.15, 0.2) is 30.5 Å². The molecule has 2 aromatic heterocycles. The van der Waals surface area contributed by atoms with E-state index in [1.54, 1.807) is 0 Å². The van der Waals surface area contributed by atoms with Gasteiger partial charge in [-0.25, -0.2) is 0 Å². The molecule has 0 radical (unpaired) electrons. The quantitative estimate of drug-likeness (QED) is 0.721. The monoisotopic (exact) mass is 394 g/mol. The Hall–Kier alpha value is -2.38. The predicted octanol–water partition coefficient (Wildman–Crippen LogP) is 2.67. The number of nitrogens with one attached hydrogen (secondary N) is 1. The van der Waals surface area contributed by atoms with E-state index in [0.29, 0.717) is 6.04 Å². The van der Waals surface area contributed by atoms with Gasteiger partial charge in [-0.05, 0) is 31.4 Å². The molecule has 0 aliphatic carbocycles. The van der Waals surface area contributed by atoms with Gasteiger partial charge in [-0.2, -0.15) is 0 Å². The van der Waals surface area contributed by atoms with Crippen LogP contribution in [0.4, 0.5) is 5.95 Å². The third-order valence-corrected chi connectivity index (χ3v) is 6.45. The van der Waals surface area contributed by atoms with Gasteiger partial charge < -0.3 is 14.6 Å². The molecule has 5 rings (SSSR count). The molecule has 3 aromatic rings. The number of aromatic nitrogens is 4. The molecule has 2 fully saturated rings. The number of H-pyrrole nitrogens is 1. The van der Waals surface area contributed by atoms with E-state index in [1.807, 2.05) is 0 Å². The number of rotatable bonds is 5. The number of aromatic amines is 1. The lowest BCUT2D eigenvalue weighted by atomic mass is 10.1. The van der Waals surface area contributed by atoms with Crippen molar-refractivity contribution in [2.45, 2.75) is 38.8 Å². The Labute approximate surface area is 171 Å². The zero-order valence-electron chi connectivity index (χ0n) is 17.2. The summed E-state index contributed by atoms with van der Waals surface area (Å²) in [6.45, 7) is 9.12. The maximum absolute atomic E-state index is 5.52. The number of para-hydroxylation sites is 1. The number of hydrogen-bond acceptors (Lipinski definition) is 5. The Morgan fingerprint density at radius 3 is 2.66 bits per heavy atom. The van der Waals surface area contributed by atoms with Gasteiger partial charge in [-0.3, -0.25) is 9.47 Å². The number of nitrogens with zero attached hydrogens (tertiary/aromatic N) is 5. The summed E-state index contributed by atoms with van der Waals surface area (Å²) in [6.07, 6.45) is 5.23. The number of fused-ring (bicyclic) bond motifs is 1. The van der Waals surface area contributed by atoms with Crippen LogP contribution >= 0.6 is 0 Å². The number of hydrogen-bond donors (Lipinski definition) is 1. The smallest absolute Gasteiger partial charge is 0.227 e. The van der Waals surface area contributed by atoms with E-state index in [-0.39, 0.29) is 0 Å². The molecule has 0 amide bonds. The molecular formula is C22H30N6O. The number of piperazine rings is 1. The van der Waals surface area contributed by atoms with E-state index in [4.69, 9.17) is 4.74 Å². The summed E-state index contributed by atoms with van der Waals surface area (Å²) in [7, 11) is 0. The van der Waals surface area contributed by atoms with Gasteiger partial charge in [0.1, 0.15) is 5.82 Å². The van der Waals surface area contributed by atoms with Crippen LogP contribution in [0.2, 0.25) is 0 Å². The number of ether oxygens (including phenoxy) is 1. The molecular weight excluding hydrogens is 364 g/mol. The van der Waals surface area contributed by atoms with Crippen molar-refractivity contribution < 1.29 is 4.74 Å². The lowest BCUT2D eigenvalue weighted by Gasteiger charge is -2.40. The van der Waals surface area contributed by atoms with E-state index in [1.165, 1.54) is 29.3 Å². The Morgan fingerprint density at radius 1 is 1.07 bits per heavy atom. The third-order valence-electron chi connectivity index (χ3n) is 6.45. The summed E-state index contributed by atoms with van der Waals surface area (Å²) in [6, 6.07) is 9.13. The molecule has 154 valence electrons.